The topological polar surface area (TPSA) is 129 Å². The second-order valence-corrected chi connectivity index (χ2v) is 11.0. The van der Waals surface area contributed by atoms with Gasteiger partial charge in [-0.3, -0.25) is 15.0 Å². The SMILES string of the molecule is CCNC(=O)Nc1ccc([C@@H]2O[C@H](CN3CCN(c4ccc([N+](=O)[O-])cc4)CC3)[C@H](C)[C@H](c3ccc(CO)cc3)O2)cc1. The second kappa shape index (κ2) is 14.0. The molecule has 0 unspecified atom stereocenters. The van der Waals surface area contributed by atoms with Crippen LogP contribution in [0.5, 0.6) is 0 Å². The molecule has 3 N–H and O–H groups in total. The first-order chi connectivity index (χ1) is 20.8. The number of nitro groups is 1. The van der Waals surface area contributed by atoms with Gasteiger partial charge >= 0.3 is 6.03 Å². The van der Waals surface area contributed by atoms with Crippen LogP contribution in [-0.2, 0) is 16.1 Å². The standard InChI is InChI=1S/C32H39N5O6/c1-3-33-32(39)34-26-10-8-25(9-11-26)31-42-29(22(2)30(43-31)24-6-4-23(21-38)5-7-24)20-35-16-18-36(19-17-35)27-12-14-28(15-13-27)37(40)41/h4-15,22,29-31,38H,3,16-21H2,1-2H3,(H2,33,34,39)/t22-,29+,30+,31+/m0/s1. The average Bonchev–Trinajstić information content (AvgIpc) is 3.03. The van der Waals surface area contributed by atoms with Crippen LogP contribution in [0.3, 0.4) is 0 Å². The van der Waals surface area contributed by atoms with Gasteiger partial charge in [-0.1, -0.05) is 43.3 Å². The van der Waals surface area contributed by atoms with Crippen molar-refractivity contribution < 1.29 is 24.3 Å². The number of anilines is 2. The monoisotopic (exact) mass is 589 g/mol. The number of benzene rings is 3. The highest BCUT2D eigenvalue weighted by Crippen LogP contribution is 2.42. The lowest BCUT2D eigenvalue weighted by atomic mass is 9.90. The van der Waals surface area contributed by atoms with Crippen molar-refractivity contribution in [3.05, 3.63) is 99.6 Å². The van der Waals surface area contributed by atoms with Crippen molar-refractivity contribution in [2.75, 3.05) is 49.5 Å². The van der Waals surface area contributed by atoms with E-state index in [1.165, 1.54) is 0 Å². The molecule has 2 saturated heterocycles. The van der Waals surface area contributed by atoms with Crippen LogP contribution in [0.4, 0.5) is 21.9 Å². The van der Waals surface area contributed by atoms with E-state index in [4.69, 9.17) is 9.47 Å². The largest absolute Gasteiger partial charge is 0.392 e. The minimum absolute atomic E-state index is 0.0156. The number of piperazine rings is 1. The van der Waals surface area contributed by atoms with Gasteiger partial charge < -0.3 is 30.1 Å². The number of nitrogens with zero attached hydrogens (tertiary/aromatic N) is 3. The highest BCUT2D eigenvalue weighted by Gasteiger charge is 2.39. The molecule has 2 aliphatic heterocycles. The number of ether oxygens (including phenoxy) is 2. The van der Waals surface area contributed by atoms with E-state index in [0.29, 0.717) is 12.2 Å². The summed E-state index contributed by atoms with van der Waals surface area (Å²) in [5, 5.41) is 26.1. The zero-order chi connectivity index (χ0) is 30.3. The van der Waals surface area contributed by atoms with Crippen LogP contribution in [0.2, 0.25) is 0 Å². The second-order valence-electron chi connectivity index (χ2n) is 11.0. The smallest absolute Gasteiger partial charge is 0.319 e. The van der Waals surface area contributed by atoms with Gasteiger partial charge in [-0.25, -0.2) is 4.79 Å². The van der Waals surface area contributed by atoms with Gasteiger partial charge in [-0.05, 0) is 42.3 Å². The highest BCUT2D eigenvalue weighted by atomic mass is 16.7. The molecule has 228 valence electrons. The molecule has 2 fully saturated rings. The number of hydrogen-bond acceptors (Lipinski definition) is 8. The minimum atomic E-state index is -0.594. The van der Waals surface area contributed by atoms with Gasteiger partial charge in [0.25, 0.3) is 5.69 Å². The van der Waals surface area contributed by atoms with Gasteiger partial charge in [-0.15, -0.1) is 0 Å². The summed E-state index contributed by atoms with van der Waals surface area (Å²) in [7, 11) is 0. The van der Waals surface area contributed by atoms with Crippen molar-refractivity contribution in [3.63, 3.8) is 0 Å². The number of aliphatic hydroxyl groups is 1. The molecule has 2 aliphatic rings. The number of carbonyl (C=O) groups is 1. The highest BCUT2D eigenvalue weighted by molar-refractivity contribution is 5.89. The predicted molar refractivity (Wildman–Crippen MR) is 164 cm³/mol. The number of aliphatic hydroxyl groups excluding tert-OH is 1. The lowest BCUT2D eigenvalue weighted by molar-refractivity contribution is -0.384. The van der Waals surface area contributed by atoms with E-state index in [1.54, 1.807) is 12.1 Å². The van der Waals surface area contributed by atoms with E-state index in [0.717, 1.165) is 55.1 Å². The maximum atomic E-state index is 11.9. The van der Waals surface area contributed by atoms with Crippen LogP contribution in [-0.4, -0.2) is 66.3 Å². The summed E-state index contributed by atoms with van der Waals surface area (Å²) in [4.78, 5) is 27.2. The molecule has 43 heavy (non-hydrogen) atoms. The average molecular weight is 590 g/mol. The Morgan fingerprint density at radius 1 is 0.953 bits per heavy atom. The molecule has 2 heterocycles. The van der Waals surface area contributed by atoms with E-state index in [2.05, 4.69) is 27.4 Å². The summed E-state index contributed by atoms with van der Waals surface area (Å²) in [6.07, 6.45) is -0.921. The van der Waals surface area contributed by atoms with E-state index in [9.17, 15) is 20.0 Å². The fourth-order valence-corrected chi connectivity index (χ4v) is 5.62. The number of rotatable bonds is 9. The van der Waals surface area contributed by atoms with Crippen molar-refractivity contribution in [2.45, 2.75) is 39.0 Å². The Morgan fingerprint density at radius 2 is 1.60 bits per heavy atom. The summed E-state index contributed by atoms with van der Waals surface area (Å²) in [6.45, 7) is 8.57. The lowest BCUT2D eigenvalue weighted by Gasteiger charge is -2.44. The van der Waals surface area contributed by atoms with E-state index >= 15 is 0 Å². The summed E-state index contributed by atoms with van der Waals surface area (Å²) in [6, 6.07) is 21.8. The summed E-state index contributed by atoms with van der Waals surface area (Å²) < 4.78 is 13.2. The number of hydrogen-bond donors (Lipinski definition) is 3. The maximum absolute atomic E-state index is 11.9. The molecule has 4 atom stereocenters. The number of nitrogens with one attached hydrogen (secondary N) is 2. The molecular weight excluding hydrogens is 550 g/mol. The molecule has 11 heteroatoms. The zero-order valence-corrected chi connectivity index (χ0v) is 24.5. The Balaban J connectivity index is 1.28. The fraction of sp³-hybridized carbons (Fsp3) is 0.406. The molecule has 0 spiro atoms. The Morgan fingerprint density at radius 3 is 2.21 bits per heavy atom. The Labute approximate surface area is 251 Å². The Hall–Kier alpha value is -4.03. The van der Waals surface area contributed by atoms with Crippen LogP contribution in [0, 0.1) is 16.0 Å². The predicted octanol–water partition coefficient (Wildman–Crippen LogP) is 4.84. The van der Waals surface area contributed by atoms with Gasteiger partial charge in [0.1, 0.15) is 0 Å². The van der Waals surface area contributed by atoms with Gasteiger partial charge in [-0.2, -0.15) is 0 Å². The lowest BCUT2D eigenvalue weighted by Crippen LogP contribution is -2.51. The molecule has 0 saturated carbocycles. The van der Waals surface area contributed by atoms with Gasteiger partial charge in [0.2, 0.25) is 0 Å². The van der Waals surface area contributed by atoms with Gasteiger partial charge in [0.05, 0.1) is 23.7 Å². The van der Waals surface area contributed by atoms with E-state index < -0.39 is 6.29 Å². The first-order valence-electron chi connectivity index (χ1n) is 14.7. The van der Waals surface area contributed by atoms with Crippen LogP contribution in [0.1, 0.15) is 42.9 Å². The Kier molecular flexibility index (Phi) is 9.88. The summed E-state index contributed by atoms with van der Waals surface area (Å²) in [5.41, 5.74) is 4.49. The summed E-state index contributed by atoms with van der Waals surface area (Å²) in [5.74, 6) is 0.0580. The third-order valence-electron chi connectivity index (χ3n) is 8.14. The number of urea groups is 1. The summed E-state index contributed by atoms with van der Waals surface area (Å²) >= 11 is 0. The molecule has 3 aromatic carbocycles. The van der Waals surface area contributed by atoms with Crippen LogP contribution >= 0.6 is 0 Å². The molecule has 0 bridgehead atoms. The molecule has 2 amide bonds. The first-order valence-corrected chi connectivity index (χ1v) is 14.7. The quantitative estimate of drug-likeness (QED) is 0.239. The van der Waals surface area contributed by atoms with Gasteiger partial charge in [0, 0.05) is 74.3 Å². The zero-order valence-electron chi connectivity index (χ0n) is 24.5. The molecule has 0 radical (unpaired) electrons. The third-order valence-corrected chi connectivity index (χ3v) is 8.14. The van der Waals surface area contributed by atoms with E-state index in [-0.39, 0.29) is 41.4 Å². The first kappa shape index (κ1) is 30.4. The van der Waals surface area contributed by atoms with Crippen molar-refractivity contribution in [2.24, 2.45) is 5.92 Å². The maximum Gasteiger partial charge on any atom is 0.319 e. The van der Waals surface area contributed by atoms with Gasteiger partial charge in [0.15, 0.2) is 6.29 Å². The third kappa shape index (κ3) is 7.49. The van der Waals surface area contributed by atoms with Crippen LogP contribution in [0.15, 0.2) is 72.8 Å². The van der Waals surface area contributed by atoms with Crippen molar-refractivity contribution in [1.82, 2.24) is 10.2 Å². The van der Waals surface area contributed by atoms with Crippen LogP contribution in [0.25, 0.3) is 0 Å². The number of carbonyl (C=O) groups excluding carboxylic acids is 1. The van der Waals surface area contributed by atoms with Crippen LogP contribution < -0.4 is 15.5 Å². The van der Waals surface area contributed by atoms with Crippen molar-refractivity contribution in [3.8, 4) is 0 Å². The van der Waals surface area contributed by atoms with Crippen molar-refractivity contribution in [1.29, 1.82) is 0 Å². The molecular formula is C32H39N5O6. The normalized spacial score (nSPS) is 22.6. The van der Waals surface area contributed by atoms with E-state index in [1.807, 2.05) is 67.6 Å². The number of non-ortho nitro benzene ring substituents is 1. The molecule has 3 aromatic rings. The Bertz CT molecular complexity index is 1360. The molecule has 0 aliphatic carbocycles. The van der Waals surface area contributed by atoms with Crippen molar-refractivity contribution >= 4 is 23.1 Å². The molecule has 0 aromatic heterocycles. The molecule has 11 nitrogen and oxygen atoms in total. The minimum Gasteiger partial charge on any atom is -0.392 e. The molecule has 5 rings (SSSR count). The number of amides is 2. The number of nitro benzene ring substituents is 1. The fourth-order valence-electron chi connectivity index (χ4n) is 5.62.